The van der Waals surface area contributed by atoms with Crippen LogP contribution in [0.2, 0.25) is 0 Å². The van der Waals surface area contributed by atoms with Crippen LogP contribution in [0.25, 0.3) is 10.2 Å². The van der Waals surface area contributed by atoms with Crippen molar-refractivity contribution in [3.05, 3.63) is 82.6 Å². The van der Waals surface area contributed by atoms with E-state index in [9.17, 15) is 4.79 Å². The van der Waals surface area contributed by atoms with E-state index in [0.29, 0.717) is 23.8 Å². The smallest absolute Gasteiger partial charge is 0.260 e. The summed E-state index contributed by atoms with van der Waals surface area (Å²) in [7, 11) is 0. The van der Waals surface area contributed by atoms with Crippen molar-refractivity contribution in [2.75, 3.05) is 11.5 Å². The van der Waals surface area contributed by atoms with Gasteiger partial charge in [-0.1, -0.05) is 33.3 Å². The number of rotatable bonds is 6. The highest BCUT2D eigenvalue weighted by molar-refractivity contribution is 9.10. The fourth-order valence-electron chi connectivity index (χ4n) is 2.92. The number of amides is 1. The number of thiazole rings is 1. The third-order valence-corrected chi connectivity index (χ3v) is 5.83. The van der Waals surface area contributed by atoms with Crippen molar-refractivity contribution < 1.29 is 9.53 Å². The molecule has 0 saturated carbocycles. The van der Waals surface area contributed by atoms with Crippen molar-refractivity contribution in [1.82, 2.24) is 9.97 Å². The largest absolute Gasteiger partial charge is 0.494 e. The van der Waals surface area contributed by atoms with Crippen LogP contribution in [-0.2, 0) is 6.54 Å². The van der Waals surface area contributed by atoms with E-state index in [-0.39, 0.29) is 5.91 Å². The van der Waals surface area contributed by atoms with Gasteiger partial charge in [0.05, 0.1) is 23.4 Å². The summed E-state index contributed by atoms with van der Waals surface area (Å²) in [5.74, 6) is 0.628. The summed E-state index contributed by atoms with van der Waals surface area (Å²) in [5, 5.41) is 0.654. The third-order valence-electron chi connectivity index (χ3n) is 4.29. The van der Waals surface area contributed by atoms with Crippen LogP contribution in [-0.4, -0.2) is 22.5 Å². The summed E-state index contributed by atoms with van der Waals surface area (Å²) in [4.78, 5) is 24.0. The normalized spacial score (nSPS) is 10.8. The van der Waals surface area contributed by atoms with Gasteiger partial charge in [0.2, 0.25) is 0 Å². The van der Waals surface area contributed by atoms with E-state index in [1.807, 2.05) is 49.4 Å². The van der Waals surface area contributed by atoms with Gasteiger partial charge in [-0.2, -0.15) is 0 Å². The Labute approximate surface area is 181 Å². The van der Waals surface area contributed by atoms with E-state index in [4.69, 9.17) is 9.72 Å². The number of pyridine rings is 1. The summed E-state index contributed by atoms with van der Waals surface area (Å²) < 4.78 is 7.49. The van der Waals surface area contributed by atoms with E-state index in [2.05, 4.69) is 20.9 Å². The van der Waals surface area contributed by atoms with Crippen LogP contribution >= 0.6 is 27.3 Å². The molecule has 0 unspecified atom stereocenters. The van der Waals surface area contributed by atoms with Gasteiger partial charge in [0.1, 0.15) is 5.75 Å². The van der Waals surface area contributed by atoms with Crippen LogP contribution in [0.1, 0.15) is 22.8 Å². The molecular weight excluding hydrogens is 450 g/mol. The first-order valence-electron chi connectivity index (χ1n) is 9.14. The predicted molar refractivity (Wildman–Crippen MR) is 120 cm³/mol. The van der Waals surface area contributed by atoms with E-state index in [1.54, 1.807) is 29.4 Å². The minimum Gasteiger partial charge on any atom is -0.494 e. The quantitative estimate of drug-likeness (QED) is 0.364. The first kappa shape index (κ1) is 19.5. The molecule has 0 aliphatic rings. The Morgan fingerprint density at radius 3 is 2.72 bits per heavy atom. The van der Waals surface area contributed by atoms with Crippen molar-refractivity contribution in [1.29, 1.82) is 0 Å². The lowest BCUT2D eigenvalue weighted by molar-refractivity contribution is 0.0985. The lowest BCUT2D eigenvalue weighted by atomic mass is 10.2. The zero-order valence-electron chi connectivity index (χ0n) is 15.7. The molecule has 0 aliphatic carbocycles. The van der Waals surface area contributed by atoms with Crippen molar-refractivity contribution in [2.24, 2.45) is 0 Å². The minimum atomic E-state index is -0.116. The Bertz CT molecular complexity index is 1130. The SMILES string of the molecule is CCOc1ccc(C(=O)N(Cc2cccnc2)c2nc3ccc(Br)cc3s2)cc1. The van der Waals surface area contributed by atoms with Crippen LogP contribution in [0.4, 0.5) is 5.13 Å². The number of halogens is 1. The molecule has 0 atom stereocenters. The summed E-state index contributed by atoms with van der Waals surface area (Å²) in [6, 6.07) is 16.9. The first-order valence-corrected chi connectivity index (χ1v) is 10.7. The molecule has 0 spiro atoms. The zero-order valence-corrected chi connectivity index (χ0v) is 18.1. The van der Waals surface area contributed by atoms with Gasteiger partial charge in [0.25, 0.3) is 5.91 Å². The number of ether oxygens (including phenoxy) is 1. The molecule has 146 valence electrons. The number of hydrogen-bond acceptors (Lipinski definition) is 5. The van der Waals surface area contributed by atoms with E-state index >= 15 is 0 Å². The lowest BCUT2D eigenvalue weighted by Crippen LogP contribution is -2.30. The minimum absolute atomic E-state index is 0.116. The van der Waals surface area contributed by atoms with Crippen LogP contribution in [0.15, 0.2) is 71.5 Å². The van der Waals surface area contributed by atoms with Gasteiger partial charge in [-0.05, 0) is 61.0 Å². The maximum Gasteiger partial charge on any atom is 0.260 e. The van der Waals surface area contributed by atoms with Gasteiger partial charge >= 0.3 is 0 Å². The Balaban J connectivity index is 1.71. The van der Waals surface area contributed by atoms with Gasteiger partial charge < -0.3 is 4.74 Å². The van der Waals surface area contributed by atoms with E-state index in [1.165, 1.54) is 11.3 Å². The van der Waals surface area contributed by atoms with Gasteiger partial charge in [-0.15, -0.1) is 0 Å². The molecule has 5 nitrogen and oxygen atoms in total. The Kier molecular flexibility index (Phi) is 5.87. The standard InChI is InChI=1S/C22H18BrN3O2S/c1-2-28-18-8-5-16(6-9-18)21(27)26(14-15-4-3-11-24-13-15)22-25-19-10-7-17(23)12-20(19)29-22/h3-13H,2,14H2,1H3. The van der Waals surface area contributed by atoms with Gasteiger partial charge in [-0.25, -0.2) is 4.98 Å². The van der Waals surface area contributed by atoms with Crippen molar-refractivity contribution in [3.63, 3.8) is 0 Å². The van der Waals surface area contributed by atoms with Crippen molar-refractivity contribution in [2.45, 2.75) is 13.5 Å². The molecule has 0 N–H and O–H groups in total. The highest BCUT2D eigenvalue weighted by atomic mass is 79.9. The molecular formula is C22H18BrN3O2S. The van der Waals surface area contributed by atoms with Crippen molar-refractivity contribution in [3.8, 4) is 5.75 Å². The van der Waals surface area contributed by atoms with Gasteiger partial charge in [0, 0.05) is 22.4 Å². The Morgan fingerprint density at radius 2 is 2.00 bits per heavy atom. The number of fused-ring (bicyclic) bond motifs is 1. The van der Waals surface area contributed by atoms with Gasteiger partial charge in [0.15, 0.2) is 5.13 Å². The van der Waals surface area contributed by atoms with Gasteiger partial charge in [-0.3, -0.25) is 14.7 Å². The summed E-state index contributed by atoms with van der Waals surface area (Å²) in [5.41, 5.74) is 2.38. The Hall–Kier alpha value is -2.77. The number of aromatic nitrogens is 2. The summed E-state index contributed by atoms with van der Waals surface area (Å²) in [6.45, 7) is 2.91. The van der Waals surface area contributed by atoms with Crippen LogP contribution < -0.4 is 9.64 Å². The average molecular weight is 468 g/mol. The van der Waals surface area contributed by atoms with Crippen molar-refractivity contribution >= 4 is 48.5 Å². The highest BCUT2D eigenvalue weighted by Gasteiger charge is 2.22. The van der Waals surface area contributed by atoms with Crippen LogP contribution in [0.3, 0.4) is 0 Å². The fraction of sp³-hybridized carbons (Fsp3) is 0.136. The molecule has 1 amide bonds. The second-order valence-electron chi connectivity index (χ2n) is 6.32. The number of benzene rings is 2. The number of hydrogen-bond donors (Lipinski definition) is 0. The highest BCUT2D eigenvalue weighted by Crippen LogP contribution is 2.32. The molecule has 2 aromatic carbocycles. The molecule has 2 heterocycles. The number of carbonyl (C=O) groups excluding carboxylic acids is 1. The molecule has 29 heavy (non-hydrogen) atoms. The molecule has 0 bridgehead atoms. The molecule has 4 aromatic rings. The van der Waals surface area contributed by atoms with Crippen LogP contribution in [0, 0.1) is 0 Å². The third kappa shape index (κ3) is 4.46. The molecule has 0 radical (unpaired) electrons. The molecule has 0 fully saturated rings. The van der Waals surface area contributed by atoms with Crippen LogP contribution in [0.5, 0.6) is 5.75 Å². The number of nitrogens with zero attached hydrogens (tertiary/aromatic N) is 3. The molecule has 4 rings (SSSR count). The molecule has 7 heteroatoms. The average Bonchev–Trinajstić information content (AvgIpc) is 3.16. The van der Waals surface area contributed by atoms with E-state index < -0.39 is 0 Å². The molecule has 2 aromatic heterocycles. The topological polar surface area (TPSA) is 55.3 Å². The predicted octanol–water partition coefficient (Wildman–Crippen LogP) is 5.70. The number of carbonyl (C=O) groups is 1. The molecule has 0 saturated heterocycles. The molecule has 0 aliphatic heterocycles. The zero-order chi connectivity index (χ0) is 20.2. The first-order chi connectivity index (χ1) is 14.1. The monoisotopic (exact) mass is 467 g/mol. The summed E-state index contributed by atoms with van der Waals surface area (Å²) >= 11 is 4.99. The Morgan fingerprint density at radius 1 is 1.17 bits per heavy atom. The second kappa shape index (κ2) is 8.71. The maximum absolute atomic E-state index is 13.4. The fourth-order valence-corrected chi connectivity index (χ4v) is 4.43. The summed E-state index contributed by atoms with van der Waals surface area (Å²) in [6.07, 6.45) is 3.49. The number of anilines is 1. The maximum atomic E-state index is 13.4. The van der Waals surface area contributed by atoms with E-state index in [0.717, 1.165) is 26.0 Å². The lowest BCUT2D eigenvalue weighted by Gasteiger charge is -2.20. The second-order valence-corrected chi connectivity index (χ2v) is 8.24.